The summed E-state index contributed by atoms with van der Waals surface area (Å²) in [4.78, 5) is 59.1. The molecule has 0 aliphatic carbocycles. The highest BCUT2D eigenvalue weighted by atomic mass is 14.9. The van der Waals surface area contributed by atoms with Crippen LogP contribution >= 0.6 is 0 Å². The van der Waals surface area contributed by atoms with Crippen molar-refractivity contribution in [2.24, 2.45) is 0 Å². The Morgan fingerprint density at radius 1 is 0.153 bits per heavy atom. The average Bonchev–Trinajstić information content (AvgIpc) is 3.48. The van der Waals surface area contributed by atoms with E-state index in [4.69, 9.17) is 49.8 Å². The fourth-order valence-electron chi connectivity index (χ4n) is 8.36. The van der Waals surface area contributed by atoms with E-state index in [1.165, 1.54) is 0 Å². The zero-order chi connectivity index (χ0) is 48.1. The van der Waals surface area contributed by atoms with Gasteiger partial charge in [-0.1, -0.05) is 48.5 Å². The van der Waals surface area contributed by atoms with Gasteiger partial charge in [0.2, 0.25) is 0 Å². The molecule has 12 heteroatoms. The van der Waals surface area contributed by atoms with E-state index in [2.05, 4.69) is 46.4 Å². The lowest BCUT2D eigenvalue weighted by Crippen LogP contribution is -1.99. The van der Waals surface area contributed by atoms with Crippen LogP contribution in [0.15, 0.2) is 231 Å². The highest BCUT2D eigenvalue weighted by molar-refractivity contribution is 5.83. The first-order chi connectivity index (χ1) is 35.6. The van der Waals surface area contributed by atoms with Gasteiger partial charge in [0.05, 0.1) is 102 Å². The molecule has 338 valence electrons. The lowest BCUT2D eigenvalue weighted by Gasteiger charge is -2.15. The van der Waals surface area contributed by atoms with Crippen LogP contribution in [-0.2, 0) is 0 Å². The minimum absolute atomic E-state index is 0.615. The van der Waals surface area contributed by atoms with Gasteiger partial charge < -0.3 is 0 Å². The van der Waals surface area contributed by atoms with Gasteiger partial charge in [-0.15, -0.1) is 0 Å². The third kappa shape index (κ3) is 9.21. The molecule has 0 radical (unpaired) electrons. The van der Waals surface area contributed by atoms with Crippen LogP contribution < -0.4 is 0 Å². The highest BCUT2D eigenvalue weighted by Gasteiger charge is 2.19. The van der Waals surface area contributed by atoms with Crippen molar-refractivity contribution in [3.05, 3.63) is 231 Å². The molecule has 0 amide bonds. The molecule has 0 fully saturated rings. The Morgan fingerprint density at radius 3 is 0.542 bits per heavy atom. The summed E-state index contributed by atoms with van der Waals surface area (Å²) in [6, 6.07) is 63.0. The molecule has 0 bridgehead atoms. The molecule has 12 rings (SSSR count). The molecule has 12 aromatic heterocycles. The minimum Gasteiger partial charge on any atom is -0.255 e. The summed E-state index contributed by atoms with van der Waals surface area (Å²) in [5, 5.41) is 0. The predicted molar refractivity (Wildman–Crippen MR) is 280 cm³/mol. The summed E-state index contributed by atoms with van der Waals surface area (Å²) in [7, 11) is 0. The van der Waals surface area contributed by atoms with E-state index in [0.29, 0.717) is 68.3 Å². The molecule has 12 aromatic rings. The van der Waals surface area contributed by atoms with Crippen LogP contribution in [0, 0.1) is 0 Å². The molecule has 0 atom stereocenters. The van der Waals surface area contributed by atoms with Gasteiger partial charge in [0.25, 0.3) is 0 Å². The zero-order valence-corrected chi connectivity index (χ0v) is 38.3. The van der Waals surface area contributed by atoms with Crippen molar-refractivity contribution in [1.82, 2.24) is 59.8 Å². The molecule has 0 saturated carbocycles. The third-order valence-electron chi connectivity index (χ3n) is 11.8. The Labute approximate surface area is 414 Å². The highest BCUT2D eigenvalue weighted by Crippen LogP contribution is 2.37. The molecular weight excluding hydrogens is 889 g/mol. The SMILES string of the molecule is c1ccc(-c2cccc(-c3cc(-c4cc(-c5ccccn5)nc(-c5cc(-c6cc(-c7ccccn7)nc(-c7cccc(-c8ccccn8)n7)c6)cc(-c6ccccn6)n5)c4)cc(-c4ccccn4)n3)n2)nc1. The molecular formula is C60H38N12. The molecule has 0 N–H and O–H groups in total. The smallest absolute Gasteiger partial charge is 0.0901 e. The van der Waals surface area contributed by atoms with E-state index in [1.54, 1.807) is 37.2 Å². The number of rotatable bonds is 11. The number of hydrogen-bond acceptors (Lipinski definition) is 12. The van der Waals surface area contributed by atoms with Gasteiger partial charge in [0, 0.05) is 37.2 Å². The average molecular weight is 927 g/mol. The fraction of sp³-hybridized carbons (Fsp3) is 0. The van der Waals surface area contributed by atoms with Crippen molar-refractivity contribution >= 4 is 0 Å². The van der Waals surface area contributed by atoms with Crippen LogP contribution in [0.1, 0.15) is 0 Å². The van der Waals surface area contributed by atoms with E-state index in [1.807, 2.05) is 158 Å². The number of pyridine rings is 12. The lowest BCUT2D eigenvalue weighted by atomic mass is 9.98. The minimum atomic E-state index is 0.615. The second-order valence-corrected chi connectivity index (χ2v) is 16.6. The summed E-state index contributed by atoms with van der Waals surface area (Å²) in [5.74, 6) is 0. The maximum Gasteiger partial charge on any atom is 0.0901 e. The number of aromatic nitrogens is 12. The summed E-state index contributed by atoms with van der Waals surface area (Å²) in [5.41, 5.74) is 15.9. The predicted octanol–water partition coefficient (Wildman–Crippen LogP) is 12.8. The Kier molecular flexibility index (Phi) is 11.6. The monoisotopic (exact) mass is 926 g/mol. The third-order valence-corrected chi connectivity index (χ3v) is 11.8. The van der Waals surface area contributed by atoms with Gasteiger partial charge in [-0.05, 0) is 168 Å². The van der Waals surface area contributed by atoms with Crippen LogP contribution in [0.5, 0.6) is 0 Å². The Morgan fingerprint density at radius 2 is 0.319 bits per heavy atom. The van der Waals surface area contributed by atoms with E-state index >= 15 is 0 Å². The summed E-state index contributed by atoms with van der Waals surface area (Å²) >= 11 is 0. The fourth-order valence-corrected chi connectivity index (χ4v) is 8.36. The van der Waals surface area contributed by atoms with Crippen LogP contribution in [0.3, 0.4) is 0 Å². The summed E-state index contributed by atoms with van der Waals surface area (Å²) in [6.07, 6.45) is 10.6. The topological polar surface area (TPSA) is 155 Å². The van der Waals surface area contributed by atoms with Crippen molar-refractivity contribution in [2.75, 3.05) is 0 Å². The lowest BCUT2D eigenvalue weighted by molar-refractivity contribution is 1.19. The number of hydrogen-bond donors (Lipinski definition) is 0. The zero-order valence-electron chi connectivity index (χ0n) is 38.3. The van der Waals surface area contributed by atoms with Crippen LogP contribution in [0.2, 0.25) is 0 Å². The maximum atomic E-state index is 5.31. The second-order valence-electron chi connectivity index (χ2n) is 16.6. The molecule has 0 aromatic carbocycles. The first-order valence-corrected chi connectivity index (χ1v) is 23.2. The van der Waals surface area contributed by atoms with Gasteiger partial charge in [-0.3, -0.25) is 29.9 Å². The molecule has 12 nitrogen and oxygen atoms in total. The summed E-state index contributed by atoms with van der Waals surface area (Å²) < 4.78 is 0. The van der Waals surface area contributed by atoms with Crippen molar-refractivity contribution < 1.29 is 0 Å². The van der Waals surface area contributed by atoms with Gasteiger partial charge in [0.15, 0.2) is 0 Å². The molecule has 12 heterocycles. The Bertz CT molecular complexity index is 3590. The van der Waals surface area contributed by atoms with Crippen LogP contribution in [0.25, 0.3) is 125 Å². The van der Waals surface area contributed by atoms with Gasteiger partial charge in [-0.2, -0.15) is 0 Å². The molecule has 72 heavy (non-hydrogen) atoms. The number of nitrogens with zero attached hydrogens (tertiary/aromatic N) is 12. The first kappa shape index (κ1) is 43.1. The van der Waals surface area contributed by atoms with Gasteiger partial charge in [0.1, 0.15) is 0 Å². The largest absolute Gasteiger partial charge is 0.255 e. The van der Waals surface area contributed by atoms with E-state index in [-0.39, 0.29) is 0 Å². The summed E-state index contributed by atoms with van der Waals surface area (Å²) in [6.45, 7) is 0. The first-order valence-electron chi connectivity index (χ1n) is 23.2. The van der Waals surface area contributed by atoms with E-state index < -0.39 is 0 Å². The molecule has 0 unspecified atom stereocenters. The maximum absolute atomic E-state index is 5.31. The van der Waals surface area contributed by atoms with Gasteiger partial charge >= 0.3 is 0 Å². The molecule has 0 aliphatic heterocycles. The van der Waals surface area contributed by atoms with Gasteiger partial charge in [-0.25, -0.2) is 29.9 Å². The molecule has 0 aliphatic rings. The van der Waals surface area contributed by atoms with Crippen LogP contribution in [0.4, 0.5) is 0 Å². The van der Waals surface area contributed by atoms with Crippen LogP contribution in [-0.4, -0.2) is 59.8 Å². The van der Waals surface area contributed by atoms with Crippen molar-refractivity contribution in [3.8, 4) is 125 Å². The normalized spacial score (nSPS) is 11.1. The standard InChI is InChI=1S/C60H38N12/c1-7-25-61-43(15-1)49-21-13-23-51(67-49)57-35-39(31-53(69-57)45-17-3-9-27-63-45)41-33-55(47-19-5-11-29-65-47)71-59(37-41)60-38-42(34-56(72-60)48-20-6-12-30-66-48)40-32-54(46-18-4-10-28-64-46)70-58(36-40)52-24-14-22-50(68-52)44-16-2-8-26-62-44/h1-38H. The van der Waals surface area contributed by atoms with Crippen molar-refractivity contribution in [2.45, 2.75) is 0 Å². The van der Waals surface area contributed by atoms with E-state index in [0.717, 1.165) is 56.4 Å². The quantitative estimate of drug-likeness (QED) is 0.121. The van der Waals surface area contributed by atoms with E-state index in [9.17, 15) is 0 Å². The second kappa shape index (κ2) is 19.4. The molecule has 0 saturated heterocycles. The van der Waals surface area contributed by atoms with Crippen molar-refractivity contribution in [3.63, 3.8) is 0 Å². The Hall–Kier alpha value is -10.2. The molecule has 0 spiro atoms. The van der Waals surface area contributed by atoms with Crippen molar-refractivity contribution in [1.29, 1.82) is 0 Å². The Balaban J connectivity index is 1.06.